The lowest BCUT2D eigenvalue weighted by molar-refractivity contribution is -0.692. The highest BCUT2D eigenvalue weighted by molar-refractivity contribution is 7.14. The molecule has 0 saturated carbocycles. The number of nitrogens with two attached hydrogens (primary N) is 1. The second-order valence-electron chi connectivity index (χ2n) is 6.13. The fraction of sp³-hybridized carbons (Fsp3) is 0.368. The molecule has 24 heavy (non-hydrogen) atoms. The van der Waals surface area contributed by atoms with Crippen molar-refractivity contribution in [3.63, 3.8) is 0 Å². The molecule has 0 radical (unpaired) electrons. The molecular weight excluding hydrogens is 318 g/mol. The summed E-state index contributed by atoms with van der Waals surface area (Å²) in [7, 11) is 0. The molecule has 5 heteroatoms. The van der Waals surface area contributed by atoms with Gasteiger partial charge in [-0.1, -0.05) is 45.0 Å². The zero-order valence-corrected chi connectivity index (χ0v) is 15.2. The van der Waals surface area contributed by atoms with E-state index in [9.17, 15) is 4.79 Å². The summed E-state index contributed by atoms with van der Waals surface area (Å²) in [6, 6.07) is 12.7. The van der Waals surface area contributed by atoms with Crippen molar-refractivity contribution in [1.82, 2.24) is 0 Å². The predicted molar refractivity (Wildman–Crippen MR) is 97.9 cm³/mol. The number of benzene rings is 1. The van der Waals surface area contributed by atoms with Crippen LogP contribution in [0.25, 0.3) is 0 Å². The third kappa shape index (κ3) is 4.67. The highest BCUT2D eigenvalue weighted by Crippen LogP contribution is 2.22. The van der Waals surface area contributed by atoms with Crippen LogP contribution in [0.3, 0.4) is 0 Å². The number of anilines is 1. The number of nitriles is 1. The van der Waals surface area contributed by atoms with E-state index in [0.29, 0.717) is 23.0 Å². The second kappa shape index (κ2) is 8.62. The number of rotatable bonds is 7. The van der Waals surface area contributed by atoms with Crippen LogP contribution in [0.15, 0.2) is 35.7 Å². The number of quaternary nitrogens is 1. The molecule has 1 aromatic carbocycles. The van der Waals surface area contributed by atoms with Crippen LogP contribution in [-0.2, 0) is 11.2 Å². The number of thiophene rings is 1. The molecule has 2 rings (SSSR count). The Morgan fingerprint density at radius 1 is 1.29 bits per heavy atom. The van der Waals surface area contributed by atoms with E-state index in [1.807, 2.05) is 5.38 Å². The summed E-state index contributed by atoms with van der Waals surface area (Å²) in [4.78, 5) is 12.2. The Bertz CT molecular complexity index is 713. The average Bonchev–Trinajstić information content (AvgIpc) is 3.02. The molecule has 1 heterocycles. The van der Waals surface area contributed by atoms with Crippen molar-refractivity contribution >= 4 is 22.2 Å². The average molecular weight is 342 g/mol. The van der Waals surface area contributed by atoms with Crippen LogP contribution in [0, 0.1) is 17.2 Å². The summed E-state index contributed by atoms with van der Waals surface area (Å²) in [6.45, 7) is 6.81. The van der Waals surface area contributed by atoms with Gasteiger partial charge in [0.25, 0.3) is 5.91 Å². The Kier molecular flexibility index (Phi) is 6.53. The van der Waals surface area contributed by atoms with Crippen LogP contribution in [0.1, 0.15) is 43.5 Å². The van der Waals surface area contributed by atoms with Gasteiger partial charge in [-0.3, -0.25) is 4.79 Å². The van der Waals surface area contributed by atoms with Gasteiger partial charge in [0.05, 0.1) is 5.56 Å². The molecule has 0 bridgehead atoms. The van der Waals surface area contributed by atoms with Gasteiger partial charge in [-0.15, -0.1) is 11.3 Å². The maximum absolute atomic E-state index is 12.2. The van der Waals surface area contributed by atoms with Gasteiger partial charge in [0.15, 0.2) is 6.54 Å². The largest absolute Gasteiger partial charge is 0.332 e. The second-order valence-corrected chi connectivity index (χ2v) is 7.04. The lowest BCUT2D eigenvalue weighted by Gasteiger charge is -2.19. The highest BCUT2D eigenvalue weighted by atomic mass is 32.1. The lowest BCUT2D eigenvalue weighted by atomic mass is 9.95. The minimum absolute atomic E-state index is 0.0789. The first-order chi connectivity index (χ1) is 11.5. The van der Waals surface area contributed by atoms with Gasteiger partial charge in [-0.05, 0) is 23.4 Å². The predicted octanol–water partition coefficient (Wildman–Crippen LogP) is 3.08. The minimum Gasteiger partial charge on any atom is -0.332 e. The van der Waals surface area contributed by atoms with Crippen LogP contribution < -0.4 is 10.6 Å². The van der Waals surface area contributed by atoms with E-state index in [4.69, 9.17) is 5.26 Å². The van der Waals surface area contributed by atoms with Gasteiger partial charge < -0.3 is 10.6 Å². The van der Waals surface area contributed by atoms with Crippen molar-refractivity contribution in [2.75, 3.05) is 11.9 Å². The quantitative estimate of drug-likeness (QED) is 0.812. The van der Waals surface area contributed by atoms with Gasteiger partial charge in [-0.25, -0.2) is 0 Å². The third-order valence-electron chi connectivity index (χ3n) is 4.09. The SMILES string of the molecule is CCc1ccc([C@H]([NH2+]CC(=O)Nc2sccc2C#N)C(C)C)cc1. The molecule has 4 nitrogen and oxygen atoms in total. The smallest absolute Gasteiger partial charge is 0.280 e. The van der Waals surface area contributed by atoms with Gasteiger partial charge >= 0.3 is 0 Å². The first-order valence-electron chi connectivity index (χ1n) is 8.24. The zero-order chi connectivity index (χ0) is 17.5. The number of carbonyl (C=O) groups is 1. The van der Waals surface area contributed by atoms with Gasteiger partial charge in [-0.2, -0.15) is 5.26 Å². The van der Waals surface area contributed by atoms with Crippen LogP contribution in [0.2, 0.25) is 0 Å². The standard InChI is InChI=1S/C19H23N3OS/c1-4-14-5-7-15(8-6-14)18(13(2)3)21-12-17(23)22-19-16(11-20)9-10-24-19/h5-10,13,18,21H,4,12H2,1-3H3,(H,22,23)/p+1/t18-/m1/s1. The number of hydrogen-bond acceptors (Lipinski definition) is 3. The summed E-state index contributed by atoms with van der Waals surface area (Å²) in [5.74, 6) is 0.339. The Morgan fingerprint density at radius 3 is 2.58 bits per heavy atom. The number of hydrogen-bond donors (Lipinski definition) is 2. The molecule has 0 spiro atoms. The lowest BCUT2D eigenvalue weighted by Crippen LogP contribution is -2.88. The molecule has 0 aliphatic rings. The number of aryl methyl sites for hydroxylation is 1. The first kappa shape index (κ1) is 18.2. The van der Waals surface area contributed by atoms with Crippen LogP contribution in [-0.4, -0.2) is 12.5 Å². The van der Waals surface area contributed by atoms with Gasteiger partial charge in [0.1, 0.15) is 17.1 Å². The molecule has 0 saturated heterocycles. The summed E-state index contributed by atoms with van der Waals surface area (Å²) < 4.78 is 0. The normalized spacial score (nSPS) is 12.0. The number of nitrogens with one attached hydrogen (secondary N) is 1. The molecule has 1 aromatic heterocycles. The maximum Gasteiger partial charge on any atom is 0.280 e. The molecule has 0 aliphatic heterocycles. The molecule has 3 N–H and O–H groups in total. The van der Waals surface area contributed by atoms with E-state index >= 15 is 0 Å². The number of amides is 1. The monoisotopic (exact) mass is 342 g/mol. The van der Waals surface area contributed by atoms with Gasteiger partial charge in [0.2, 0.25) is 0 Å². The summed E-state index contributed by atoms with van der Waals surface area (Å²) in [5, 5.41) is 16.3. The van der Waals surface area contributed by atoms with E-state index in [0.717, 1.165) is 6.42 Å². The van der Waals surface area contributed by atoms with E-state index in [2.05, 4.69) is 61.7 Å². The van der Waals surface area contributed by atoms with Crippen molar-refractivity contribution in [1.29, 1.82) is 5.26 Å². The molecule has 126 valence electrons. The summed E-state index contributed by atoms with van der Waals surface area (Å²) >= 11 is 1.38. The molecule has 1 amide bonds. The van der Waals surface area contributed by atoms with Crippen molar-refractivity contribution < 1.29 is 10.1 Å². The Morgan fingerprint density at radius 2 is 2.00 bits per heavy atom. The number of nitrogens with zero attached hydrogens (tertiary/aromatic N) is 1. The van der Waals surface area contributed by atoms with E-state index in [-0.39, 0.29) is 11.9 Å². The highest BCUT2D eigenvalue weighted by Gasteiger charge is 2.21. The molecule has 0 fully saturated rings. The Hall–Kier alpha value is -2.16. The molecular formula is C19H24N3OS+. The topological polar surface area (TPSA) is 69.5 Å². The van der Waals surface area contributed by atoms with Crippen LogP contribution >= 0.6 is 11.3 Å². The fourth-order valence-electron chi connectivity index (χ4n) is 2.67. The van der Waals surface area contributed by atoms with Crippen molar-refractivity contribution in [3.05, 3.63) is 52.4 Å². The molecule has 2 aromatic rings. The van der Waals surface area contributed by atoms with Crippen molar-refractivity contribution in [2.45, 2.75) is 33.2 Å². The maximum atomic E-state index is 12.2. The number of carbonyl (C=O) groups excluding carboxylic acids is 1. The Balaban J connectivity index is 1.98. The molecule has 0 aliphatic carbocycles. The van der Waals surface area contributed by atoms with Crippen LogP contribution in [0.4, 0.5) is 5.00 Å². The van der Waals surface area contributed by atoms with Crippen LogP contribution in [0.5, 0.6) is 0 Å². The fourth-order valence-corrected chi connectivity index (χ4v) is 3.43. The first-order valence-corrected chi connectivity index (χ1v) is 9.12. The van der Waals surface area contributed by atoms with E-state index in [1.165, 1.54) is 22.5 Å². The zero-order valence-electron chi connectivity index (χ0n) is 14.4. The molecule has 0 unspecified atom stereocenters. The summed E-state index contributed by atoms with van der Waals surface area (Å²) in [6.07, 6.45) is 1.03. The van der Waals surface area contributed by atoms with E-state index < -0.39 is 0 Å². The Labute approximate surface area is 147 Å². The van der Waals surface area contributed by atoms with Crippen molar-refractivity contribution in [2.24, 2.45) is 5.92 Å². The minimum atomic E-state index is -0.0789. The van der Waals surface area contributed by atoms with Gasteiger partial charge in [0, 0.05) is 11.5 Å². The van der Waals surface area contributed by atoms with E-state index in [1.54, 1.807) is 6.07 Å². The summed E-state index contributed by atoms with van der Waals surface area (Å²) in [5.41, 5.74) is 3.08. The molecule has 1 atom stereocenters. The third-order valence-corrected chi connectivity index (χ3v) is 4.92. The van der Waals surface area contributed by atoms with Crippen molar-refractivity contribution in [3.8, 4) is 6.07 Å².